The van der Waals surface area contributed by atoms with E-state index in [-0.39, 0.29) is 12.0 Å². The van der Waals surface area contributed by atoms with Crippen molar-refractivity contribution in [3.63, 3.8) is 0 Å². The maximum atomic E-state index is 10.7. The highest BCUT2D eigenvalue weighted by Crippen LogP contribution is 2.41. The number of amides is 1. The number of hydrogen-bond acceptors (Lipinski definition) is 3. The van der Waals surface area contributed by atoms with E-state index < -0.39 is 5.91 Å². The maximum absolute atomic E-state index is 10.7. The molecule has 0 aliphatic carbocycles. The normalized spacial score (nSPS) is 16.8. The van der Waals surface area contributed by atoms with Crippen LogP contribution in [-0.2, 0) is 10.2 Å². The molecule has 2 N–H and O–H groups in total. The van der Waals surface area contributed by atoms with E-state index in [1.54, 1.807) is 0 Å². The van der Waals surface area contributed by atoms with Gasteiger partial charge in [0, 0.05) is 24.7 Å². The number of likely N-dealkylation sites (N-methyl/N-ethyl adjacent to an activating group) is 1. The Morgan fingerprint density at radius 3 is 2.88 bits per heavy atom. The fourth-order valence-corrected chi connectivity index (χ4v) is 2.40. The van der Waals surface area contributed by atoms with Crippen molar-refractivity contribution in [2.75, 3.05) is 25.1 Å². The standard InChI is InChI=1S/C13H18N2O2/c1-13(2)8-15(3)11-5-4-9(6-10(11)13)17-7-12(14)16/h4-6H,7-8H2,1-3H3,(H2,14,16). The van der Waals surface area contributed by atoms with E-state index in [9.17, 15) is 4.79 Å². The van der Waals surface area contributed by atoms with E-state index in [4.69, 9.17) is 10.5 Å². The number of hydrogen-bond donors (Lipinski definition) is 1. The minimum Gasteiger partial charge on any atom is -0.484 e. The van der Waals surface area contributed by atoms with Crippen LogP contribution in [0.4, 0.5) is 5.69 Å². The summed E-state index contributed by atoms with van der Waals surface area (Å²) in [4.78, 5) is 12.9. The van der Waals surface area contributed by atoms with Crippen molar-refractivity contribution < 1.29 is 9.53 Å². The second-order valence-electron chi connectivity index (χ2n) is 5.17. The fraction of sp³-hybridized carbons (Fsp3) is 0.462. The number of nitrogens with zero attached hydrogens (tertiary/aromatic N) is 1. The van der Waals surface area contributed by atoms with Crippen LogP contribution in [0.25, 0.3) is 0 Å². The molecule has 1 aliphatic rings. The van der Waals surface area contributed by atoms with E-state index in [0.717, 1.165) is 6.54 Å². The van der Waals surface area contributed by atoms with E-state index in [0.29, 0.717) is 5.75 Å². The quantitative estimate of drug-likeness (QED) is 0.857. The van der Waals surface area contributed by atoms with Crippen LogP contribution in [0.15, 0.2) is 18.2 Å². The average molecular weight is 234 g/mol. The SMILES string of the molecule is CN1CC(C)(C)c2cc(OCC(N)=O)ccc21. The lowest BCUT2D eigenvalue weighted by molar-refractivity contribution is -0.119. The van der Waals surface area contributed by atoms with Crippen molar-refractivity contribution in [2.24, 2.45) is 5.73 Å². The molecule has 0 spiro atoms. The molecule has 4 heteroatoms. The summed E-state index contributed by atoms with van der Waals surface area (Å²) in [5.41, 5.74) is 7.64. The van der Waals surface area contributed by atoms with E-state index in [2.05, 4.69) is 25.8 Å². The van der Waals surface area contributed by atoms with Crippen LogP contribution in [0.1, 0.15) is 19.4 Å². The summed E-state index contributed by atoms with van der Waals surface area (Å²) < 4.78 is 5.33. The number of nitrogens with two attached hydrogens (primary N) is 1. The molecule has 0 radical (unpaired) electrons. The number of anilines is 1. The lowest BCUT2D eigenvalue weighted by atomic mass is 9.87. The van der Waals surface area contributed by atoms with Crippen molar-refractivity contribution in [2.45, 2.75) is 19.3 Å². The van der Waals surface area contributed by atoms with Gasteiger partial charge in [-0.3, -0.25) is 4.79 Å². The topological polar surface area (TPSA) is 55.6 Å². The van der Waals surface area contributed by atoms with Crippen LogP contribution in [0.3, 0.4) is 0 Å². The third-order valence-electron chi connectivity index (χ3n) is 3.12. The lowest BCUT2D eigenvalue weighted by Gasteiger charge is -2.18. The number of carbonyl (C=O) groups excluding carboxylic acids is 1. The number of ether oxygens (including phenoxy) is 1. The van der Waals surface area contributed by atoms with Gasteiger partial charge in [0.05, 0.1) is 0 Å². The third kappa shape index (κ3) is 2.20. The van der Waals surface area contributed by atoms with Crippen LogP contribution in [0, 0.1) is 0 Å². The first-order valence-electron chi connectivity index (χ1n) is 5.67. The van der Waals surface area contributed by atoms with Crippen LogP contribution in [-0.4, -0.2) is 26.1 Å². The molecule has 1 aromatic carbocycles. The zero-order valence-electron chi connectivity index (χ0n) is 10.5. The largest absolute Gasteiger partial charge is 0.484 e. The molecule has 0 saturated carbocycles. The smallest absolute Gasteiger partial charge is 0.255 e. The molecule has 1 amide bonds. The first-order valence-corrected chi connectivity index (χ1v) is 5.67. The maximum Gasteiger partial charge on any atom is 0.255 e. The zero-order valence-corrected chi connectivity index (χ0v) is 10.5. The molecule has 92 valence electrons. The molecular formula is C13H18N2O2. The Kier molecular flexibility index (Phi) is 2.73. The van der Waals surface area contributed by atoms with Gasteiger partial charge in [0.15, 0.2) is 6.61 Å². The lowest BCUT2D eigenvalue weighted by Crippen LogP contribution is -2.25. The van der Waals surface area contributed by atoms with E-state index in [1.165, 1.54) is 11.3 Å². The summed E-state index contributed by atoms with van der Waals surface area (Å²) in [5.74, 6) is 0.243. The Balaban J connectivity index is 2.28. The molecular weight excluding hydrogens is 216 g/mol. The van der Waals surface area contributed by atoms with Crippen LogP contribution >= 0.6 is 0 Å². The first-order chi connectivity index (χ1) is 7.90. The molecule has 4 nitrogen and oxygen atoms in total. The summed E-state index contributed by atoms with van der Waals surface area (Å²) in [6, 6.07) is 5.90. The Morgan fingerprint density at radius 1 is 1.53 bits per heavy atom. The minimum absolute atomic E-state index is 0.0744. The fourth-order valence-electron chi connectivity index (χ4n) is 2.40. The minimum atomic E-state index is -0.457. The highest BCUT2D eigenvalue weighted by atomic mass is 16.5. The van der Waals surface area contributed by atoms with Crippen molar-refractivity contribution in [1.82, 2.24) is 0 Å². The molecule has 0 fully saturated rings. The summed E-state index contributed by atoms with van der Waals surface area (Å²) in [5, 5.41) is 0. The Labute approximate surface area is 101 Å². The molecule has 1 aromatic rings. The molecule has 0 unspecified atom stereocenters. The summed E-state index contributed by atoms with van der Waals surface area (Å²) in [6.07, 6.45) is 0. The predicted octanol–water partition coefficient (Wildman–Crippen LogP) is 1.28. The summed E-state index contributed by atoms with van der Waals surface area (Å²) >= 11 is 0. The van der Waals surface area contributed by atoms with Gasteiger partial charge in [0.2, 0.25) is 0 Å². The monoisotopic (exact) mass is 234 g/mol. The number of rotatable bonds is 3. The Bertz CT molecular complexity index is 455. The van der Waals surface area contributed by atoms with Gasteiger partial charge < -0.3 is 15.4 Å². The van der Waals surface area contributed by atoms with E-state index in [1.807, 2.05) is 18.2 Å². The second-order valence-corrected chi connectivity index (χ2v) is 5.17. The number of benzene rings is 1. The van der Waals surface area contributed by atoms with Gasteiger partial charge in [0.25, 0.3) is 5.91 Å². The van der Waals surface area contributed by atoms with E-state index >= 15 is 0 Å². The van der Waals surface area contributed by atoms with Crippen LogP contribution in [0.2, 0.25) is 0 Å². The van der Waals surface area contributed by atoms with Gasteiger partial charge >= 0.3 is 0 Å². The van der Waals surface area contributed by atoms with Crippen molar-refractivity contribution in [3.8, 4) is 5.75 Å². The van der Waals surface area contributed by atoms with Gasteiger partial charge in [-0.25, -0.2) is 0 Å². The molecule has 1 aliphatic heterocycles. The summed E-state index contributed by atoms with van der Waals surface area (Å²) in [7, 11) is 2.08. The molecule has 0 bridgehead atoms. The Hall–Kier alpha value is -1.71. The van der Waals surface area contributed by atoms with Gasteiger partial charge in [-0.05, 0) is 23.8 Å². The zero-order chi connectivity index (χ0) is 12.6. The number of fused-ring (bicyclic) bond motifs is 1. The van der Waals surface area contributed by atoms with Crippen LogP contribution < -0.4 is 15.4 Å². The number of carbonyl (C=O) groups is 1. The molecule has 2 rings (SSSR count). The molecule has 17 heavy (non-hydrogen) atoms. The van der Waals surface area contributed by atoms with Crippen molar-refractivity contribution in [1.29, 1.82) is 0 Å². The average Bonchev–Trinajstić information content (AvgIpc) is 2.47. The second kappa shape index (κ2) is 3.95. The van der Waals surface area contributed by atoms with Crippen LogP contribution in [0.5, 0.6) is 5.75 Å². The molecule has 0 saturated heterocycles. The van der Waals surface area contributed by atoms with Gasteiger partial charge in [-0.2, -0.15) is 0 Å². The first kappa shape index (κ1) is 11.8. The number of primary amides is 1. The van der Waals surface area contributed by atoms with Crippen molar-refractivity contribution >= 4 is 11.6 Å². The predicted molar refractivity (Wildman–Crippen MR) is 67.4 cm³/mol. The highest BCUT2D eigenvalue weighted by molar-refractivity contribution is 5.75. The molecule has 0 aromatic heterocycles. The Morgan fingerprint density at radius 2 is 2.24 bits per heavy atom. The van der Waals surface area contributed by atoms with Gasteiger partial charge in [-0.15, -0.1) is 0 Å². The molecule has 1 heterocycles. The van der Waals surface area contributed by atoms with Gasteiger partial charge in [0.1, 0.15) is 5.75 Å². The summed E-state index contributed by atoms with van der Waals surface area (Å²) in [6.45, 7) is 5.32. The highest BCUT2D eigenvalue weighted by Gasteiger charge is 2.33. The third-order valence-corrected chi connectivity index (χ3v) is 3.12. The van der Waals surface area contributed by atoms with Crippen molar-refractivity contribution in [3.05, 3.63) is 23.8 Å². The molecule has 0 atom stereocenters. The van der Waals surface area contributed by atoms with Gasteiger partial charge in [-0.1, -0.05) is 13.8 Å².